The lowest BCUT2D eigenvalue weighted by molar-refractivity contribution is -0.208. The standard InChI is InChI=1S/C18H28O5/c1-5-6-7-8-9-10-11-22-23-17-14(4)12(2)13(3)15(16(17)19)18(20)21/h19H,5-11H2,1-4H3,(H,20,21). The molecule has 0 heterocycles. The van der Waals surface area contributed by atoms with Crippen molar-refractivity contribution < 1.29 is 24.8 Å². The van der Waals surface area contributed by atoms with Gasteiger partial charge in [-0.05, 0) is 38.3 Å². The first-order valence-electron chi connectivity index (χ1n) is 8.27. The van der Waals surface area contributed by atoms with Crippen LogP contribution in [0.15, 0.2) is 0 Å². The topological polar surface area (TPSA) is 76.0 Å². The minimum atomic E-state index is -1.18. The Morgan fingerprint density at radius 2 is 1.57 bits per heavy atom. The van der Waals surface area contributed by atoms with Gasteiger partial charge in [0.25, 0.3) is 0 Å². The molecule has 0 saturated carbocycles. The molecule has 23 heavy (non-hydrogen) atoms. The van der Waals surface area contributed by atoms with Crippen molar-refractivity contribution in [3.8, 4) is 11.5 Å². The zero-order valence-corrected chi connectivity index (χ0v) is 14.6. The fourth-order valence-electron chi connectivity index (χ4n) is 2.51. The molecule has 1 aromatic carbocycles. The number of carbonyl (C=O) groups is 1. The minimum Gasteiger partial charge on any atom is -0.504 e. The highest BCUT2D eigenvalue weighted by molar-refractivity contribution is 5.94. The first kappa shape index (κ1) is 19.3. The SMILES string of the molecule is CCCCCCCCOOc1c(C)c(C)c(C)c(C(=O)O)c1O. The molecule has 5 heteroatoms. The van der Waals surface area contributed by atoms with E-state index in [1.165, 1.54) is 25.7 Å². The van der Waals surface area contributed by atoms with Gasteiger partial charge in [0.1, 0.15) is 5.56 Å². The zero-order chi connectivity index (χ0) is 17.4. The minimum absolute atomic E-state index is 0.0940. The van der Waals surface area contributed by atoms with E-state index in [0.717, 1.165) is 18.4 Å². The largest absolute Gasteiger partial charge is 0.504 e. The Morgan fingerprint density at radius 1 is 0.957 bits per heavy atom. The van der Waals surface area contributed by atoms with Gasteiger partial charge >= 0.3 is 5.97 Å². The van der Waals surface area contributed by atoms with Crippen molar-refractivity contribution in [3.05, 3.63) is 22.3 Å². The number of hydrogen-bond donors (Lipinski definition) is 2. The number of aromatic hydroxyl groups is 1. The van der Waals surface area contributed by atoms with Crippen LogP contribution in [0.3, 0.4) is 0 Å². The van der Waals surface area contributed by atoms with Gasteiger partial charge in [0.2, 0.25) is 5.75 Å². The van der Waals surface area contributed by atoms with Gasteiger partial charge in [-0.2, -0.15) is 4.89 Å². The zero-order valence-electron chi connectivity index (χ0n) is 14.6. The van der Waals surface area contributed by atoms with Crippen molar-refractivity contribution in [2.24, 2.45) is 0 Å². The summed E-state index contributed by atoms with van der Waals surface area (Å²) in [5, 5.41) is 19.4. The molecule has 0 bridgehead atoms. The summed E-state index contributed by atoms with van der Waals surface area (Å²) in [6, 6.07) is 0. The van der Waals surface area contributed by atoms with Crippen LogP contribution < -0.4 is 4.89 Å². The second-order valence-corrected chi connectivity index (χ2v) is 5.91. The highest BCUT2D eigenvalue weighted by Crippen LogP contribution is 2.38. The molecule has 130 valence electrons. The van der Waals surface area contributed by atoms with Crippen molar-refractivity contribution in [3.63, 3.8) is 0 Å². The summed E-state index contributed by atoms with van der Waals surface area (Å²) in [6.07, 6.45) is 6.83. The lowest BCUT2D eigenvalue weighted by atomic mass is 9.96. The van der Waals surface area contributed by atoms with Gasteiger partial charge in [0.15, 0.2) is 5.75 Å². The number of rotatable bonds is 10. The van der Waals surface area contributed by atoms with Crippen molar-refractivity contribution >= 4 is 5.97 Å². The maximum absolute atomic E-state index is 11.3. The van der Waals surface area contributed by atoms with E-state index in [1.54, 1.807) is 20.8 Å². The molecule has 0 spiro atoms. The molecule has 0 aliphatic heterocycles. The monoisotopic (exact) mass is 324 g/mol. The van der Waals surface area contributed by atoms with Gasteiger partial charge in [0.05, 0.1) is 6.61 Å². The fourth-order valence-corrected chi connectivity index (χ4v) is 2.51. The van der Waals surface area contributed by atoms with E-state index in [2.05, 4.69) is 6.92 Å². The molecule has 5 nitrogen and oxygen atoms in total. The molecule has 0 aliphatic rings. The van der Waals surface area contributed by atoms with Crippen LogP contribution in [0.5, 0.6) is 11.5 Å². The van der Waals surface area contributed by atoms with Gasteiger partial charge in [-0.3, -0.25) is 0 Å². The normalized spacial score (nSPS) is 10.8. The third-order valence-electron chi connectivity index (χ3n) is 4.23. The van der Waals surface area contributed by atoms with Crippen LogP contribution >= 0.6 is 0 Å². The highest BCUT2D eigenvalue weighted by Gasteiger charge is 2.23. The quantitative estimate of drug-likeness (QED) is 0.371. The third kappa shape index (κ3) is 5.13. The maximum Gasteiger partial charge on any atom is 0.339 e. The lowest BCUT2D eigenvalue weighted by Crippen LogP contribution is -2.08. The van der Waals surface area contributed by atoms with E-state index < -0.39 is 5.97 Å². The molecule has 0 aromatic heterocycles. The van der Waals surface area contributed by atoms with Crippen LogP contribution in [0.4, 0.5) is 0 Å². The van der Waals surface area contributed by atoms with Crippen LogP contribution in [0.1, 0.15) is 72.5 Å². The van der Waals surface area contributed by atoms with Gasteiger partial charge in [0, 0.05) is 5.56 Å². The molecule has 0 amide bonds. The Balaban J connectivity index is 2.62. The fraction of sp³-hybridized carbons (Fsp3) is 0.611. The second kappa shape index (κ2) is 9.40. The molecule has 1 rings (SSSR count). The summed E-state index contributed by atoms with van der Waals surface area (Å²) in [5.41, 5.74) is 1.87. The van der Waals surface area contributed by atoms with Crippen LogP contribution in [0.2, 0.25) is 0 Å². The molecule has 0 aliphatic carbocycles. The Kier molecular flexibility index (Phi) is 7.89. The van der Waals surface area contributed by atoms with Crippen LogP contribution in [0.25, 0.3) is 0 Å². The number of phenols is 1. The molecule has 0 atom stereocenters. The second-order valence-electron chi connectivity index (χ2n) is 5.91. The summed E-state index contributed by atoms with van der Waals surface area (Å²) in [4.78, 5) is 21.7. The van der Waals surface area contributed by atoms with Crippen LogP contribution in [-0.4, -0.2) is 22.8 Å². The van der Waals surface area contributed by atoms with E-state index in [9.17, 15) is 15.0 Å². The maximum atomic E-state index is 11.3. The lowest BCUT2D eigenvalue weighted by Gasteiger charge is -2.16. The Bertz CT molecular complexity index is 537. The molecule has 1 aromatic rings. The average molecular weight is 324 g/mol. The van der Waals surface area contributed by atoms with E-state index in [1.807, 2.05) is 0 Å². The summed E-state index contributed by atoms with van der Waals surface area (Å²) < 4.78 is 0. The number of carboxylic acids is 1. The first-order valence-corrected chi connectivity index (χ1v) is 8.27. The van der Waals surface area contributed by atoms with Gasteiger partial charge < -0.3 is 15.1 Å². The van der Waals surface area contributed by atoms with Gasteiger partial charge in [-0.25, -0.2) is 4.79 Å². The highest BCUT2D eigenvalue weighted by atomic mass is 17.2. The predicted molar refractivity (Wildman–Crippen MR) is 89.2 cm³/mol. The van der Waals surface area contributed by atoms with Crippen molar-refractivity contribution in [1.82, 2.24) is 0 Å². The molecule has 2 N–H and O–H groups in total. The number of carboxylic acid groups (broad SMARTS) is 1. The van der Waals surface area contributed by atoms with E-state index >= 15 is 0 Å². The number of aromatic carboxylic acids is 1. The molecular formula is C18H28O5. The van der Waals surface area contributed by atoms with Gasteiger partial charge in [-0.1, -0.05) is 39.0 Å². The molecular weight excluding hydrogens is 296 g/mol. The molecule has 0 unspecified atom stereocenters. The Labute approximate surface area is 138 Å². The summed E-state index contributed by atoms with van der Waals surface area (Å²) in [6.45, 7) is 7.85. The number of hydrogen-bond acceptors (Lipinski definition) is 4. The number of unbranched alkanes of at least 4 members (excludes halogenated alkanes) is 5. The molecule has 0 saturated heterocycles. The van der Waals surface area contributed by atoms with E-state index in [0.29, 0.717) is 17.7 Å². The van der Waals surface area contributed by atoms with Crippen molar-refractivity contribution in [2.45, 2.75) is 66.2 Å². The van der Waals surface area contributed by atoms with Gasteiger partial charge in [-0.15, -0.1) is 0 Å². The van der Waals surface area contributed by atoms with Crippen LogP contribution in [0, 0.1) is 20.8 Å². The summed E-state index contributed by atoms with van der Waals surface area (Å²) >= 11 is 0. The van der Waals surface area contributed by atoms with E-state index in [-0.39, 0.29) is 17.1 Å². The Hall–Kier alpha value is -1.75. The predicted octanol–water partition coefficient (Wildman–Crippen LogP) is 4.69. The average Bonchev–Trinajstić information content (AvgIpc) is 2.50. The van der Waals surface area contributed by atoms with Crippen LogP contribution in [-0.2, 0) is 4.89 Å². The first-order chi connectivity index (χ1) is 10.9. The third-order valence-corrected chi connectivity index (χ3v) is 4.23. The summed E-state index contributed by atoms with van der Waals surface area (Å²) in [7, 11) is 0. The smallest absolute Gasteiger partial charge is 0.339 e. The molecule has 0 fully saturated rings. The van der Waals surface area contributed by atoms with Crippen molar-refractivity contribution in [2.75, 3.05) is 6.61 Å². The van der Waals surface area contributed by atoms with E-state index in [4.69, 9.17) is 9.78 Å². The number of benzene rings is 1. The summed E-state index contributed by atoms with van der Waals surface area (Å²) in [5.74, 6) is -1.46. The Morgan fingerprint density at radius 3 is 2.17 bits per heavy atom. The van der Waals surface area contributed by atoms with Crippen molar-refractivity contribution in [1.29, 1.82) is 0 Å². The molecule has 0 radical (unpaired) electrons.